The van der Waals surface area contributed by atoms with E-state index in [1.54, 1.807) is 6.07 Å². The van der Waals surface area contributed by atoms with Crippen LogP contribution < -0.4 is 10.2 Å². The van der Waals surface area contributed by atoms with Crippen LogP contribution in [0.25, 0.3) is 0 Å². The van der Waals surface area contributed by atoms with Crippen LogP contribution in [0.15, 0.2) is 36.4 Å². The zero-order chi connectivity index (χ0) is 19.4. The lowest BCUT2D eigenvalue weighted by Gasteiger charge is -2.15. The maximum atomic E-state index is 12.5. The monoisotopic (exact) mass is 357 g/mol. The molecule has 0 aliphatic heterocycles. The maximum Gasteiger partial charge on any atom is 0.338 e. The van der Waals surface area contributed by atoms with Gasteiger partial charge in [0.15, 0.2) is 0 Å². The SMILES string of the molecule is COC(=O)c1cc(C(=O)Nc2ccc(N(C)C)cc2C)cc([N+](=O)[O-])c1. The first-order valence-electron chi connectivity index (χ1n) is 7.70. The molecular weight excluding hydrogens is 338 g/mol. The minimum atomic E-state index is -0.755. The van der Waals surface area contributed by atoms with Crippen LogP contribution in [-0.2, 0) is 4.74 Å². The molecule has 26 heavy (non-hydrogen) atoms. The number of nitrogens with zero attached hydrogens (tertiary/aromatic N) is 2. The highest BCUT2D eigenvalue weighted by atomic mass is 16.6. The fourth-order valence-electron chi connectivity index (χ4n) is 2.34. The Morgan fingerprint density at radius 1 is 1.12 bits per heavy atom. The number of nitro benzene ring substituents is 1. The van der Waals surface area contributed by atoms with Gasteiger partial charge in [-0.3, -0.25) is 14.9 Å². The van der Waals surface area contributed by atoms with Crippen molar-refractivity contribution in [3.63, 3.8) is 0 Å². The second kappa shape index (κ2) is 7.64. The second-order valence-electron chi connectivity index (χ2n) is 5.87. The highest BCUT2D eigenvalue weighted by Crippen LogP contribution is 2.23. The van der Waals surface area contributed by atoms with Gasteiger partial charge in [0.25, 0.3) is 11.6 Å². The van der Waals surface area contributed by atoms with E-state index in [0.29, 0.717) is 5.69 Å². The molecule has 0 fully saturated rings. The number of nitro groups is 1. The molecule has 0 spiro atoms. The average molecular weight is 357 g/mol. The third-order valence-corrected chi connectivity index (χ3v) is 3.79. The van der Waals surface area contributed by atoms with Crippen molar-refractivity contribution in [2.24, 2.45) is 0 Å². The Bertz CT molecular complexity index is 877. The summed E-state index contributed by atoms with van der Waals surface area (Å²) in [4.78, 5) is 36.6. The van der Waals surface area contributed by atoms with E-state index >= 15 is 0 Å². The summed E-state index contributed by atoms with van der Waals surface area (Å²) in [5.74, 6) is -1.31. The zero-order valence-corrected chi connectivity index (χ0v) is 14.9. The smallest absolute Gasteiger partial charge is 0.338 e. The van der Waals surface area contributed by atoms with Crippen LogP contribution >= 0.6 is 0 Å². The predicted molar refractivity (Wildman–Crippen MR) is 97.9 cm³/mol. The summed E-state index contributed by atoms with van der Waals surface area (Å²) in [6.07, 6.45) is 0. The third-order valence-electron chi connectivity index (χ3n) is 3.79. The Kier molecular flexibility index (Phi) is 5.56. The molecule has 8 heteroatoms. The van der Waals surface area contributed by atoms with Gasteiger partial charge in [0.2, 0.25) is 0 Å². The minimum Gasteiger partial charge on any atom is -0.465 e. The fraction of sp³-hybridized carbons (Fsp3) is 0.222. The summed E-state index contributed by atoms with van der Waals surface area (Å²) >= 11 is 0. The predicted octanol–water partition coefficient (Wildman–Crippen LogP) is 3.01. The number of hydrogen-bond donors (Lipinski definition) is 1. The average Bonchev–Trinajstić information content (AvgIpc) is 2.61. The van der Waals surface area contributed by atoms with E-state index < -0.39 is 16.8 Å². The van der Waals surface area contributed by atoms with Gasteiger partial charge in [-0.1, -0.05) is 0 Å². The largest absolute Gasteiger partial charge is 0.465 e. The Balaban J connectivity index is 2.36. The molecule has 2 aromatic rings. The highest BCUT2D eigenvalue weighted by molar-refractivity contribution is 6.06. The number of rotatable bonds is 5. The molecule has 1 amide bonds. The van der Waals surface area contributed by atoms with Crippen molar-refractivity contribution in [1.29, 1.82) is 0 Å². The summed E-state index contributed by atoms with van der Waals surface area (Å²) < 4.78 is 4.58. The Morgan fingerprint density at radius 3 is 2.31 bits per heavy atom. The van der Waals surface area contributed by atoms with E-state index in [9.17, 15) is 19.7 Å². The lowest BCUT2D eigenvalue weighted by atomic mass is 10.1. The number of amides is 1. The zero-order valence-electron chi connectivity index (χ0n) is 14.9. The van der Waals surface area contributed by atoms with E-state index in [1.807, 2.05) is 38.1 Å². The van der Waals surface area contributed by atoms with Crippen molar-refractivity contribution in [3.05, 3.63) is 63.2 Å². The molecule has 0 saturated heterocycles. The molecule has 0 heterocycles. The van der Waals surface area contributed by atoms with Gasteiger partial charge in [0.05, 0.1) is 17.6 Å². The molecule has 8 nitrogen and oxygen atoms in total. The summed E-state index contributed by atoms with van der Waals surface area (Å²) in [7, 11) is 4.98. The van der Waals surface area contributed by atoms with E-state index in [-0.39, 0.29) is 16.8 Å². The first-order valence-corrected chi connectivity index (χ1v) is 7.70. The van der Waals surface area contributed by atoms with Gasteiger partial charge in [-0.15, -0.1) is 0 Å². The Labute approximate surface area is 150 Å². The molecular formula is C18H19N3O5. The molecule has 0 unspecified atom stereocenters. The van der Waals surface area contributed by atoms with Crippen LogP contribution in [0.2, 0.25) is 0 Å². The topological polar surface area (TPSA) is 102 Å². The number of aryl methyl sites for hydroxylation is 1. The first-order chi connectivity index (χ1) is 12.2. The lowest BCUT2D eigenvalue weighted by molar-refractivity contribution is -0.384. The molecule has 0 saturated carbocycles. The highest BCUT2D eigenvalue weighted by Gasteiger charge is 2.19. The normalized spacial score (nSPS) is 10.2. The molecule has 2 rings (SSSR count). The quantitative estimate of drug-likeness (QED) is 0.501. The molecule has 136 valence electrons. The van der Waals surface area contributed by atoms with Gasteiger partial charge < -0.3 is 15.0 Å². The van der Waals surface area contributed by atoms with Crippen molar-refractivity contribution in [1.82, 2.24) is 0 Å². The number of anilines is 2. The number of nitrogens with one attached hydrogen (secondary N) is 1. The van der Waals surface area contributed by atoms with Gasteiger partial charge >= 0.3 is 5.97 Å². The van der Waals surface area contributed by atoms with Crippen molar-refractivity contribution in [2.45, 2.75) is 6.92 Å². The van der Waals surface area contributed by atoms with Crippen LogP contribution in [0.1, 0.15) is 26.3 Å². The van der Waals surface area contributed by atoms with Gasteiger partial charge in [0.1, 0.15) is 0 Å². The van der Waals surface area contributed by atoms with Gasteiger partial charge in [-0.25, -0.2) is 4.79 Å². The van der Waals surface area contributed by atoms with Crippen molar-refractivity contribution >= 4 is 28.9 Å². The van der Waals surface area contributed by atoms with E-state index in [0.717, 1.165) is 30.5 Å². The Hall–Kier alpha value is -3.42. The number of hydrogen-bond acceptors (Lipinski definition) is 6. The van der Waals surface area contributed by atoms with Crippen LogP contribution in [0.3, 0.4) is 0 Å². The summed E-state index contributed by atoms with van der Waals surface area (Å²) in [5.41, 5.74) is 1.96. The number of esters is 1. The molecule has 0 atom stereocenters. The van der Waals surface area contributed by atoms with Crippen molar-refractivity contribution < 1.29 is 19.2 Å². The van der Waals surface area contributed by atoms with E-state index in [1.165, 1.54) is 6.07 Å². The molecule has 2 aromatic carbocycles. The maximum absolute atomic E-state index is 12.5. The number of carbonyl (C=O) groups excluding carboxylic acids is 2. The molecule has 0 aromatic heterocycles. The molecule has 0 radical (unpaired) electrons. The summed E-state index contributed by atoms with van der Waals surface area (Å²) in [6, 6.07) is 8.95. The lowest BCUT2D eigenvalue weighted by Crippen LogP contribution is -2.15. The van der Waals surface area contributed by atoms with Crippen molar-refractivity contribution in [2.75, 3.05) is 31.4 Å². The van der Waals surface area contributed by atoms with Crippen LogP contribution in [0.5, 0.6) is 0 Å². The number of ether oxygens (including phenoxy) is 1. The summed E-state index contributed by atoms with van der Waals surface area (Å²) in [5, 5.41) is 13.8. The van der Waals surface area contributed by atoms with Gasteiger partial charge in [0, 0.05) is 43.2 Å². The van der Waals surface area contributed by atoms with Gasteiger partial charge in [-0.2, -0.15) is 0 Å². The second-order valence-corrected chi connectivity index (χ2v) is 5.87. The van der Waals surface area contributed by atoms with Crippen LogP contribution in [-0.4, -0.2) is 38.0 Å². The minimum absolute atomic E-state index is 0.00399. The van der Waals surface area contributed by atoms with Crippen LogP contribution in [0.4, 0.5) is 17.1 Å². The molecule has 0 aliphatic rings. The van der Waals surface area contributed by atoms with E-state index in [2.05, 4.69) is 10.1 Å². The molecule has 0 aliphatic carbocycles. The fourth-order valence-corrected chi connectivity index (χ4v) is 2.34. The summed E-state index contributed by atoms with van der Waals surface area (Å²) in [6.45, 7) is 1.84. The van der Waals surface area contributed by atoms with Gasteiger partial charge in [-0.05, 0) is 36.8 Å². The third kappa shape index (κ3) is 4.15. The number of carbonyl (C=O) groups is 2. The first kappa shape index (κ1) is 18.9. The number of non-ortho nitro benzene ring substituents is 1. The number of methoxy groups -OCH3 is 1. The number of benzene rings is 2. The molecule has 1 N–H and O–H groups in total. The van der Waals surface area contributed by atoms with Crippen LogP contribution in [0, 0.1) is 17.0 Å². The van der Waals surface area contributed by atoms with E-state index in [4.69, 9.17) is 0 Å². The standard InChI is InChI=1S/C18H19N3O5/c1-11-7-14(20(2)3)5-6-16(11)19-17(22)12-8-13(18(23)26-4)10-15(9-12)21(24)25/h5-10H,1-4H3,(H,19,22). The molecule has 0 bridgehead atoms. The van der Waals surface area contributed by atoms with Crippen molar-refractivity contribution in [3.8, 4) is 0 Å². The Morgan fingerprint density at radius 2 is 1.77 bits per heavy atom.